The Bertz CT molecular complexity index is 299. The molecule has 0 saturated carbocycles. The minimum absolute atomic E-state index is 0.0570. The largest absolute Gasteiger partial charge is 0.396 e. The van der Waals surface area contributed by atoms with Crippen LogP contribution in [-0.4, -0.2) is 60.4 Å². The van der Waals surface area contributed by atoms with Crippen LogP contribution >= 0.6 is 0 Å². The summed E-state index contributed by atoms with van der Waals surface area (Å²) in [5, 5.41) is 12.0. The molecule has 0 spiro atoms. The third-order valence-corrected chi connectivity index (χ3v) is 3.68. The third kappa shape index (κ3) is 5.04. The van der Waals surface area contributed by atoms with Gasteiger partial charge in [0.1, 0.15) is 0 Å². The molecule has 1 aliphatic rings. The van der Waals surface area contributed by atoms with Crippen LogP contribution in [0.4, 0.5) is 0 Å². The zero-order chi connectivity index (χ0) is 15.3. The molecule has 0 aromatic heterocycles. The molecule has 0 aromatic rings. The highest BCUT2D eigenvalue weighted by molar-refractivity contribution is 5.82. The lowest BCUT2D eigenvalue weighted by Gasteiger charge is -2.41. The van der Waals surface area contributed by atoms with Gasteiger partial charge in [0.15, 0.2) is 0 Å². The van der Waals surface area contributed by atoms with Gasteiger partial charge in [-0.3, -0.25) is 9.69 Å². The number of carbonyl (C=O) groups is 1. The summed E-state index contributed by atoms with van der Waals surface area (Å²) in [6, 6.07) is -0.130. The van der Waals surface area contributed by atoms with Crippen molar-refractivity contribution in [2.24, 2.45) is 11.8 Å². The van der Waals surface area contributed by atoms with Crippen molar-refractivity contribution in [3.8, 4) is 0 Å². The highest BCUT2D eigenvalue weighted by atomic mass is 16.5. The van der Waals surface area contributed by atoms with Crippen LogP contribution in [0.1, 0.15) is 34.6 Å². The van der Waals surface area contributed by atoms with Crippen molar-refractivity contribution in [1.82, 2.24) is 10.2 Å². The van der Waals surface area contributed by atoms with Gasteiger partial charge in [0.25, 0.3) is 0 Å². The second-order valence-electron chi connectivity index (χ2n) is 6.43. The second-order valence-corrected chi connectivity index (χ2v) is 6.43. The Kier molecular flexibility index (Phi) is 6.92. The summed E-state index contributed by atoms with van der Waals surface area (Å²) in [6.45, 7) is 12.4. The van der Waals surface area contributed by atoms with E-state index in [0.717, 1.165) is 13.1 Å². The Morgan fingerprint density at radius 2 is 1.85 bits per heavy atom. The highest BCUT2D eigenvalue weighted by Gasteiger charge is 2.34. The molecule has 20 heavy (non-hydrogen) atoms. The fourth-order valence-electron chi connectivity index (χ4n) is 2.78. The Hall–Kier alpha value is -0.650. The van der Waals surface area contributed by atoms with E-state index in [0.29, 0.717) is 6.54 Å². The number of nitrogens with zero attached hydrogens (tertiary/aromatic N) is 1. The number of morpholine rings is 1. The molecule has 5 nitrogen and oxygen atoms in total. The minimum atomic E-state index is -0.130. The summed E-state index contributed by atoms with van der Waals surface area (Å²) >= 11 is 0. The molecule has 1 heterocycles. The third-order valence-electron chi connectivity index (χ3n) is 3.68. The molecule has 1 amide bonds. The lowest BCUT2D eigenvalue weighted by Crippen LogP contribution is -2.57. The van der Waals surface area contributed by atoms with E-state index in [4.69, 9.17) is 9.84 Å². The number of nitrogens with one attached hydrogen (secondary N) is 1. The minimum Gasteiger partial charge on any atom is -0.396 e. The molecule has 0 radical (unpaired) electrons. The zero-order valence-corrected chi connectivity index (χ0v) is 13.4. The summed E-state index contributed by atoms with van der Waals surface area (Å²) in [4.78, 5) is 14.7. The van der Waals surface area contributed by atoms with Crippen molar-refractivity contribution in [3.63, 3.8) is 0 Å². The van der Waals surface area contributed by atoms with Gasteiger partial charge in [-0.15, -0.1) is 0 Å². The molecule has 118 valence electrons. The number of rotatable bonds is 6. The van der Waals surface area contributed by atoms with Gasteiger partial charge in [0.2, 0.25) is 5.91 Å². The monoisotopic (exact) mass is 286 g/mol. The van der Waals surface area contributed by atoms with Crippen LogP contribution in [0, 0.1) is 11.8 Å². The number of hydrogen-bond acceptors (Lipinski definition) is 4. The molecule has 1 aliphatic heterocycles. The van der Waals surface area contributed by atoms with E-state index >= 15 is 0 Å². The van der Waals surface area contributed by atoms with E-state index in [1.54, 1.807) is 0 Å². The van der Waals surface area contributed by atoms with E-state index in [1.165, 1.54) is 0 Å². The van der Waals surface area contributed by atoms with Crippen LogP contribution in [0.15, 0.2) is 0 Å². The van der Waals surface area contributed by atoms with Crippen LogP contribution < -0.4 is 5.32 Å². The summed E-state index contributed by atoms with van der Waals surface area (Å²) < 4.78 is 5.74. The lowest BCUT2D eigenvalue weighted by molar-refractivity contribution is -0.135. The first kappa shape index (κ1) is 17.4. The quantitative estimate of drug-likeness (QED) is 0.760. The first-order valence-corrected chi connectivity index (χ1v) is 7.63. The van der Waals surface area contributed by atoms with Gasteiger partial charge >= 0.3 is 0 Å². The Labute approximate surface area is 122 Å². The first-order chi connectivity index (χ1) is 9.35. The maximum absolute atomic E-state index is 12.4. The standard InChI is InChI=1S/C15H30N2O3/c1-10(2)14(15(19)16-6-11(3)9-18)17-7-12(4)20-13(5)8-17/h10-14,18H,6-9H2,1-5H3,(H,16,19). The van der Waals surface area contributed by atoms with Crippen molar-refractivity contribution < 1.29 is 14.6 Å². The molecule has 4 unspecified atom stereocenters. The van der Waals surface area contributed by atoms with Gasteiger partial charge in [-0.2, -0.15) is 0 Å². The van der Waals surface area contributed by atoms with E-state index in [9.17, 15) is 4.79 Å². The predicted octanol–water partition coefficient (Wildman–Crippen LogP) is 0.865. The molecule has 4 atom stereocenters. The van der Waals surface area contributed by atoms with Crippen LogP contribution in [0.2, 0.25) is 0 Å². The molecule has 5 heteroatoms. The average Bonchev–Trinajstić information content (AvgIpc) is 2.34. The van der Waals surface area contributed by atoms with Crippen LogP contribution in [-0.2, 0) is 9.53 Å². The number of ether oxygens (including phenoxy) is 1. The van der Waals surface area contributed by atoms with Gasteiger partial charge in [-0.1, -0.05) is 20.8 Å². The van der Waals surface area contributed by atoms with Crippen LogP contribution in [0.3, 0.4) is 0 Å². The molecule has 1 fully saturated rings. The molecule has 1 saturated heterocycles. The first-order valence-electron chi connectivity index (χ1n) is 7.63. The van der Waals surface area contributed by atoms with Gasteiger partial charge in [-0.25, -0.2) is 0 Å². The molecule has 1 rings (SSSR count). The topological polar surface area (TPSA) is 61.8 Å². The summed E-state index contributed by atoms with van der Waals surface area (Å²) in [5.41, 5.74) is 0. The molecule has 0 aromatic carbocycles. The second kappa shape index (κ2) is 7.96. The fraction of sp³-hybridized carbons (Fsp3) is 0.933. The van der Waals surface area contributed by atoms with E-state index in [2.05, 4.69) is 24.1 Å². The average molecular weight is 286 g/mol. The maximum atomic E-state index is 12.4. The maximum Gasteiger partial charge on any atom is 0.237 e. The van der Waals surface area contributed by atoms with Gasteiger partial charge in [-0.05, 0) is 25.7 Å². The molecular weight excluding hydrogens is 256 g/mol. The number of aliphatic hydroxyl groups is 1. The van der Waals surface area contributed by atoms with Crippen LogP contribution in [0.25, 0.3) is 0 Å². The van der Waals surface area contributed by atoms with Gasteiger partial charge in [0.05, 0.1) is 18.2 Å². The number of aliphatic hydroxyl groups excluding tert-OH is 1. The molecule has 2 N–H and O–H groups in total. The van der Waals surface area contributed by atoms with Crippen molar-refractivity contribution >= 4 is 5.91 Å². The molecule has 0 bridgehead atoms. The molecular formula is C15H30N2O3. The van der Waals surface area contributed by atoms with E-state index < -0.39 is 0 Å². The van der Waals surface area contributed by atoms with E-state index in [1.807, 2.05) is 20.8 Å². The van der Waals surface area contributed by atoms with Gasteiger partial charge < -0.3 is 15.2 Å². The lowest BCUT2D eigenvalue weighted by atomic mass is 9.99. The summed E-state index contributed by atoms with van der Waals surface area (Å²) in [6.07, 6.45) is 0.313. The highest BCUT2D eigenvalue weighted by Crippen LogP contribution is 2.18. The van der Waals surface area contributed by atoms with Crippen molar-refractivity contribution in [1.29, 1.82) is 0 Å². The molecule has 0 aliphatic carbocycles. The number of carbonyl (C=O) groups excluding carboxylic acids is 1. The van der Waals surface area contributed by atoms with E-state index in [-0.39, 0.29) is 42.6 Å². The Balaban J connectivity index is 2.65. The van der Waals surface area contributed by atoms with Crippen LogP contribution in [0.5, 0.6) is 0 Å². The predicted molar refractivity (Wildman–Crippen MR) is 79.5 cm³/mol. The van der Waals surface area contributed by atoms with Gasteiger partial charge in [0, 0.05) is 26.2 Å². The summed E-state index contributed by atoms with van der Waals surface area (Å²) in [5.74, 6) is 0.396. The van der Waals surface area contributed by atoms with Crippen molar-refractivity contribution in [2.45, 2.75) is 52.9 Å². The summed E-state index contributed by atoms with van der Waals surface area (Å²) in [7, 11) is 0. The SMILES string of the molecule is CC(CO)CNC(=O)C(C(C)C)N1CC(C)OC(C)C1. The van der Waals surface area contributed by atoms with Crippen molar-refractivity contribution in [3.05, 3.63) is 0 Å². The van der Waals surface area contributed by atoms with Crippen molar-refractivity contribution in [2.75, 3.05) is 26.2 Å². The fourth-order valence-corrected chi connectivity index (χ4v) is 2.78. The smallest absolute Gasteiger partial charge is 0.237 e. The Morgan fingerprint density at radius 3 is 2.30 bits per heavy atom. The number of hydrogen-bond donors (Lipinski definition) is 2. The normalized spacial score (nSPS) is 27.4. The zero-order valence-electron chi connectivity index (χ0n) is 13.4. The number of amides is 1. The Morgan fingerprint density at radius 1 is 1.30 bits per heavy atom.